The van der Waals surface area contributed by atoms with E-state index in [4.69, 9.17) is 4.74 Å². The Morgan fingerprint density at radius 3 is 2.59 bits per heavy atom. The van der Waals surface area contributed by atoms with Crippen molar-refractivity contribution in [3.63, 3.8) is 0 Å². The Morgan fingerprint density at radius 1 is 1.14 bits per heavy atom. The molecule has 0 aliphatic carbocycles. The molecule has 7 heteroatoms. The second kappa shape index (κ2) is 8.98. The van der Waals surface area contributed by atoms with Crippen LogP contribution in [0.4, 0.5) is 5.69 Å². The molecule has 0 bridgehead atoms. The van der Waals surface area contributed by atoms with Crippen LogP contribution in [-0.4, -0.2) is 47.7 Å². The molecule has 1 fully saturated rings. The third-order valence-electron chi connectivity index (χ3n) is 5.19. The van der Waals surface area contributed by atoms with Crippen LogP contribution in [0.1, 0.15) is 24.3 Å². The predicted molar refractivity (Wildman–Crippen MR) is 117 cm³/mol. The van der Waals surface area contributed by atoms with Crippen LogP contribution in [0.15, 0.2) is 53.7 Å². The number of quaternary nitrogens is 1. The summed E-state index contributed by atoms with van der Waals surface area (Å²) in [5.74, 6) is 1.65. The summed E-state index contributed by atoms with van der Waals surface area (Å²) < 4.78 is 6.23. The van der Waals surface area contributed by atoms with Crippen molar-refractivity contribution in [2.24, 2.45) is 0 Å². The lowest BCUT2D eigenvalue weighted by Gasteiger charge is -2.14. The van der Waals surface area contributed by atoms with Crippen LogP contribution in [0.3, 0.4) is 0 Å². The summed E-state index contributed by atoms with van der Waals surface area (Å²) in [5.41, 5.74) is 4.79. The minimum Gasteiger partial charge on any atom is -0.378 e. The molecular weight excluding hydrogens is 382 g/mol. The maximum absolute atomic E-state index is 6.23. The van der Waals surface area contributed by atoms with Gasteiger partial charge < -0.3 is 15.0 Å². The fraction of sp³-hybridized carbons (Fsp3) is 0.364. The number of benzene rings is 2. The summed E-state index contributed by atoms with van der Waals surface area (Å²) in [7, 11) is 4.10. The maximum atomic E-state index is 6.23. The van der Waals surface area contributed by atoms with Gasteiger partial charge in [0.25, 0.3) is 0 Å². The van der Waals surface area contributed by atoms with Gasteiger partial charge in [0.05, 0.1) is 0 Å². The lowest BCUT2D eigenvalue weighted by atomic mass is 10.1. The number of H-pyrrole nitrogens is 1. The van der Waals surface area contributed by atoms with Crippen LogP contribution in [0.2, 0.25) is 0 Å². The van der Waals surface area contributed by atoms with Crippen molar-refractivity contribution in [3.8, 4) is 11.4 Å². The highest BCUT2D eigenvalue weighted by Crippen LogP contribution is 2.24. The van der Waals surface area contributed by atoms with Gasteiger partial charge in [-0.25, -0.2) is 4.98 Å². The number of aromatic nitrogens is 3. The molecule has 1 aromatic heterocycles. The first-order valence-electron chi connectivity index (χ1n) is 10.0. The van der Waals surface area contributed by atoms with E-state index >= 15 is 0 Å². The van der Waals surface area contributed by atoms with Gasteiger partial charge in [0, 0.05) is 36.7 Å². The van der Waals surface area contributed by atoms with E-state index in [1.165, 1.54) is 16.8 Å². The van der Waals surface area contributed by atoms with E-state index in [1.54, 1.807) is 11.8 Å². The quantitative estimate of drug-likeness (QED) is 0.586. The number of nitrogens with one attached hydrogen (secondary N) is 1. The van der Waals surface area contributed by atoms with E-state index in [1.807, 2.05) is 0 Å². The lowest BCUT2D eigenvalue weighted by molar-refractivity contribution is -0.697. The van der Waals surface area contributed by atoms with Crippen molar-refractivity contribution in [1.82, 2.24) is 15.2 Å². The normalized spacial score (nSPS) is 18.9. The van der Waals surface area contributed by atoms with Crippen LogP contribution in [-0.2, 0) is 11.2 Å². The molecule has 2 atom stereocenters. The third-order valence-corrected chi connectivity index (χ3v) is 6.17. The molecule has 29 heavy (non-hydrogen) atoms. The van der Waals surface area contributed by atoms with E-state index in [0.29, 0.717) is 0 Å². The number of nitrogens with zero attached hydrogens (tertiary/aromatic N) is 3. The molecule has 0 radical (unpaired) electrons. The van der Waals surface area contributed by atoms with Crippen LogP contribution >= 0.6 is 11.8 Å². The predicted octanol–water partition coefficient (Wildman–Crippen LogP) is 2.85. The number of aryl methyl sites for hydroxylation is 1. The Bertz CT molecular complexity index is 923. The lowest BCUT2D eigenvalue weighted by Crippen LogP contribution is -2.82. The van der Waals surface area contributed by atoms with E-state index in [0.717, 1.165) is 35.3 Å². The summed E-state index contributed by atoms with van der Waals surface area (Å²) in [6, 6.07) is 17.0. The van der Waals surface area contributed by atoms with Crippen molar-refractivity contribution >= 4 is 17.4 Å². The fourth-order valence-electron chi connectivity index (χ4n) is 3.38. The first kappa shape index (κ1) is 19.9. The molecule has 0 unspecified atom stereocenters. The summed E-state index contributed by atoms with van der Waals surface area (Å²) in [6.45, 7) is 3.10. The zero-order chi connectivity index (χ0) is 20.2. The minimum atomic E-state index is 0.0663. The molecule has 2 aromatic carbocycles. The summed E-state index contributed by atoms with van der Waals surface area (Å²) in [6.07, 6.45) is 1.29. The Morgan fingerprint density at radius 2 is 1.90 bits per heavy atom. The number of hydrogen-bond acceptors (Lipinski definition) is 5. The average Bonchev–Trinajstić information content (AvgIpc) is 3.42. The van der Waals surface area contributed by atoms with Gasteiger partial charge in [-0.3, -0.25) is 5.10 Å². The van der Waals surface area contributed by atoms with E-state index in [2.05, 4.69) is 94.9 Å². The van der Waals surface area contributed by atoms with E-state index in [-0.39, 0.29) is 12.3 Å². The van der Waals surface area contributed by atoms with Crippen LogP contribution in [0, 0.1) is 0 Å². The molecule has 0 amide bonds. The maximum Gasteiger partial charge on any atom is 0.217 e. The third kappa shape index (κ3) is 4.80. The van der Waals surface area contributed by atoms with Gasteiger partial charge in [-0.1, -0.05) is 43.0 Å². The first-order chi connectivity index (χ1) is 14.1. The average molecular weight is 411 g/mol. The van der Waals surface area contributed by atoms with Crippen LogP contribution in [0.25, 0.3) is 11.4 Å². The monoisotopic (exact) mass is 410 g/mol. The fourth-order valence-corrected chi connectivity index (χ4v) is 4.20. The van der Waals surface area contributed by atoms with Crippen molar-refractivity contribution in [2.45, 2.75) is 30.8 Å². The molecule has 1 aliphatic heterocycles. The highest BCUT2D eigenvalue weighted by atomic mass is 32.2. The largest absolute Gasteiger partial charge is 0.378 e. The van der Waals surface area contributed by atoms with Crippen molar-refractivity contribution in [3.05, 3.63) is 59.7 Å². The molecule has 0 saturated carbocycles. The van der Waals surface area contributed by atoms with Gasteiger partial charge in [0.2, 0.25) is 11.4 Å². The van der Waals surface area contributed by atoms with Gasteiger partial charge in [-0.15, -0.1) is 5.10 Å². The van der Waals surface area contributed by atoms with Crippen molar-refractivity contribution in [1.29, 1.82) is 0 Å². The number of aromatic amines is 1. The number of thioether (sulfide) groups is 1. The highest BCUT2D eigenvalue weighted by Gasteiger charge is 2.30. The second-order valence-corrected chi connectivity index (χ2v) is 8.45. The number of nitrogens with two attached hydrogens (primary N) is 1. The Hall–Kier alpha value is -2.35. The number of anilines is 1. The molecule has 152 valence electrons. The van der Waals surface area contributed by atoms with Crippen molar-refractivity contribution in [2.75, 3.05) is 31.3 Å². The van der Waals surface area contributed by atoms with Gasteiger partial charge in [0.1, 0.15) is 12.6 Å². The smallest absolute Gasteiger partial charge is 0.217 e. The summed E-state index contributed by atoms with van der Waals surface area (Å²) in [5, 5.41) is 10.4. The molecular formula is C22H28N5OS+. The van der Waals surface area contributed by atoms with Gasteiger partial charge in [0.15, 0.2) is 5.82 Å². The van der Waals surface area contributed by atoms with Crippen LogP contribution < -0.4 is 10.2 Å². The Balaban J connectivity index is 1.30. The topological polar surface area (TPSA) is 70.7 Å². The second-order valence-electron chi connectivity index (χ2n) is 7.46. The molecule has 2 heterocycles. The molecule has 4 rings (SSSR count). The van der Waals surface area contributed by atoms with Crippen molar-refractivity contribution < 1.29 is 10.1 Å². The van der Waals surface area contributed by atoms with E-state index in [9.17, 15) is 0 Å². The standard InChI is InChI=1S/C22H27N5OS/c1-4-15-5-7-16(8-6-15)20-24-22(26-25-20)29-14-19-13-23-21(28-19)17-9-11-18(12-10-17)27(2)3/h5-12,19,21,23H,4,13-14H2,1-3H3,(H,24,25,26)/p+1/t19-,21+/m1/s1. The number of rotatable bonds is 7. The summed E-state index contributed by atoms with van der Waals surface area (Å²) >= 11 is 1.64. The molecule has 3 N–H and O–H groups in total. The zero-order valence-electron chi connectivity index (χ0n) is 17.1. The van der Waals surface area contributed by atoms with E-state index < -0.39 is 0 Å². The van der Waals surface area contributed by atoms with Crippen LogP contribution in [0.5, 0.6) is 0 Å². The number of hydrogen-bond donors (Lipinski definition) is 2. The molecule has 1 aliphatic rings. The zero-order valence-corrected chi connectivity index (χ0v) is 17.9. The molecule has 3 aromatic rings. The Kier molecular flexibility index (Phi) is 6.18. The van der Waals surface area contributed by atoms with Gasteiger partial charge >= 0.3 is 0 Å². The molecule has 6 nitrogen and oxygen atoms in total. The SMILES string of the molecule is CCc1ccc(-c2nc(SC[C@H]3C[NH2+][C@H](c4ccc(N(C)C)cc4)O3)n[nH]2)cc1. The van der Waals surface area contributed by atoms with Gasteiger partial charge in [-0.2, -0.15) is 0 Å². The minimum absolute atomic E-state index is 0.0663. The highest BCUT2D eigenvalue weighted by molar-refractivity contribution is 7.99. The molecule has 1 saturated heterocycles. The van der Waals surface area contributed by atoms with Gasteiger partial charge in [-0.05, 0) is 36.2 Å². The Labute approximate surface area is 176 Å². The molecule has 0 spiro atoms. The first-order valence-corrected chi connectivity index (χ1v) is 11.0. The number of ether oxygens (including phenoxy) is 1. The summed E-state index contributed by atoms with van der Waals surface area (Å²) in [4.78, 5) is 6.73.